The number of carbonyl (C=O) groups excluding carboxylic acids is 2. The van der Waals surface area contributed by atoms with Gasteiger partial charge < -0.3 is 14.5 Å². The van der Waals surface area contributed by atoms with Gasteiger partial charge in [-0.15, -0.1) is 0 Å². The van der Waals surface area contributed by atoms with Crippen molar-refractivity contribution in [1.29, 1.82) is 0 Å². The summed E-state index contributed by atoms with van der Waals surface area (Å²) >= 11 is 0. The third kappa shape index (κ3) is 3.35. The molecule has 0 aliphatic carbocycles. The van der Waals surface area contributed by atoms with Crippen molar-refractivity contribution in [3.8, 4) is 5.75 Å². The molecule has 0 radical (unpaired) electrons. The van der Waals surface area contributed by atoms with Crippen molar-refractivity contribution in [3.63, 3.8) is 0 Å². The fourth-order valence-electron chi connectivity index (χ4n) is 2.62. The highest BCUT2D eigenvalue weighted by Gasteiger charge is 2.21. The van der Waals surface area contributed by atoms with Crippen molar-refractivity contribution in [2.75, 3.05) is 33.3 Å². The Morgan fingerprint density at radius 2 is 1.86 bits per heavy atom. The van der Waals surface area contributed by atoms with Gasteiger partial charge >= 0.3 is 0 Å². The van der Waals surface area contributed by atoms with Crippen LogP contribution in [0.2, 0.25) is 0 Å². The zero-order chi connectivity index (χ0) is 15.4. The van der Waals surface area contributed by atoms with Crippen molar-refractivity contribution in [2.45, 2.75) is 20.3 Å². The number of piperazine rings is 1. The second-order valence-corrected chi connectivity index (χ2v) is 5.38. The molecule has 1 aromatic carbocycles. The van der Waals surface area contributed by atoms with Crippen molar-refractivity contribution < 1.29 is 14.3 Å². The number of carbonyl (C=O) groups is 2. The van der Waals surface area contributed by atoms with Crippen molar-refractivity contribution >= 4 is 12.3 Å². The Morgan fingerprint density at radius 1 is 1.19 bits per heavy atom. The molecule has 0 N–H and O–H groups in total. The maximum absolute atomic E-state index is 12.4. The molecule has 114 valence electrons. The molecular formula is C16H22N2O3. The molecule has 5 nitrogen and oxygen atoms in total. The molecule has 1 heterocycles. The van der Waals surface area contributed by atoms with E-state index in [0.29, 0.717) is 32.6 Å². The van der Waals surface area contributed by atoms with Gasteiger partial charge in [0.15, 0.2) is 0 Å². The van der Waals surface area contributed by atoms with Gasteiger partial charge in [0.25, 0.3) is 0 Å². The molecule has 21 heavy (non-hydrogen) atoms. The Bertz CT molecular complexity index is 535. The van der Waals surface area contributed by atoms with E-state index in [4.69, 9.17) is 4.74 Å². The number of rotatable bonds is 4. The van der Waals surface area contributed by atoms with Crippen LogP contribution in [0.3, 0.4) is 0 Å². The highest BCUT2D eigenvalue weighted by Crippen LogP contribution is 2.24. The van der Waals surface area contributed by atoms with E-state index in [9.17, 15) is 9.59 Å². The molecule has 0 bridgehead atoms. The fraction of sp³-hybridized carbons (Fsp3) is 0.500. The van der Waals surface area contributed by atoms with E-state index in [2.05, 4.69) is 0 Å². The summed E-state index contributed by atoms with van der Waals surface area (Å²) in [6.45, 7) is 6.50. The van der Waals surface area contributed by atoms with Gasteiger partial charge in [-0.05, 0) is 36.6 Å². The van der Waals surface area contributed by atoms with E-state index >= 15 is 0 Å². The normalized spacial score (nSPS) is 15.0. The summed E-state index contributed by atoms with van der Waals surface area (Å²) in [6, 6.07) is 3.87. The Kier molecular flexibility index (Phi) is 4.83. The number of ether oxygens (including phenoxy) is 1. The summed E-state index contributed by atoms with van der Waals surface area (Å²) in [7, 11) is 1.65. The topological polar surface area (TPSA) is 49.9 Å². The van der Waals surface area contributed by atoms with E-state index in [1.54, 1.807) is 12.0 Å². The zero-order valence-electron chi connectivity index (χ0n) is 12.9. The van der Waals surface area contributed by atoms with Gasteiger partial charge in [0.05, 0.1) is 13.5 Å². The minimum atomic E-state index is 0.119. The Morgan fingerprint density at radius 3 is 2.43 bits per heavy atom. The third-order valence-corrected chi connectivity index (χ3v) is 4.23. The molecule has 1 fully saturated rings. The molecule has 1 aliphatic rings. The molecule has 1 saturated heterocycles. The Labute approximate surface area is 125 Å². The number of methoxy groups -OCH3 is 1. The predicted molar refractivity (Wildman–Crippen MR) is 80.4 cm³/mol. The SMILES string of the molecule is COc1ccc(CC(=O)N2CCN(C=O)CC2)c(C)c1C. The lowest BCUT2D eigenvalue weighted by Gasteiger charge is -2.32. The van der Waals surface area contributed by atoms with Crippen LogP contribution in [0, 0.1) is 13.8 Å². The second kappa shape index (κ2) is 6.61. The number of nitrogens with zero attached hydrogens (tertiary/aromatic N) is 2. The number of benzene rings is 1. The predicted octanol–water partition coefficient (Wildman–Crippen LogP) is 1.16. The molecule has 0 spiro atoms. The van der Waals surface area contributed by atoms with E-state index in [1.165, 1.54) is 0 Å². The second-order valence-electron chi connectivity index (χ2n) is 5.38. The monoisotopic (exact) mass is 290 g/mol. The lowest BCUT2D eigenvalue weighted by molar-refractivity contribution is -0.134. The number of hydrogen-bond acceptors (Lipinski definition) is 3. The van der Waals surface area contributed by atoms with Gasteiger partial charge in [0.2, 0.25) is 12.3 Å². The van der Waals surface area contributed by atoms with Crippen molar-refractivity contribution in [2.24, 2.45) is 0 Å². The summed E-state index contributed by atoms with van der Waals surface area (Å²) in [5.41, 5.74) is 3.22. The first-order valence-corrected chi connectivity index (χ1v) is 7.17. The molecule has 0 unspecified atom stereocenters. The first kappa shape index (κ1) is 15.4. The fourth-order valence-corrected chi connectivity index (χ4v) is 2.62. The molecule has 2 amide bonds. The first-order chi connectivity index (χ1) is 10.1. The van der Waals surface area contributed by atoms with Crippen LogP contribution in [0.4, 0.5) is 0 Å². The zero-order valence-corrected chi connectivity index (χ0v) is 12.9. The average molecular weight is 290 g/mol. The van der Waals surface area contributed by atoms with E-state index in [1.807, 2.05) is 30.9 Å². The molecule has 5 heteroatoms. The highest BCUT2D eigenvalue weighted by atomic mass is 16.5. The first-order valence-electron chi connectivity index (χ1n) is 7.17. The molecule has 2 rings (SSSR count). The molecule has 0 atom stereocenters. The molecule has 1 aromatic rings. The molecule has 0 saturated carbocycles. The largest absolute Gasteiger partial charge is 0.496 e. The van der Waals surface area contributed by atoms with Crippen LogP contribution >= 0.6 is 0 Å². The maximum Gasteiger partial charge on any atom is 0.227 e. The molecular weight excluding hydrogens is 268 g/mol. The van der Waals surface area contributed by atoms with Crippen molar-refractivity contribution in [1.82, 2.24) is 9.80 Å². The van der Waals surface area contributed by atoms with Crippen LogP contribution in [-0.2, 0) is 16.0 Å². The maximum atomic E-state index is 12.4. The minimum Gasteiger partial charge on any atom is -0.496 e. The summed E-state index contributed by atoms with van der Waals surface area (Å²) in [4.78, 5) is 26.6. The minimum absolute atomic E-state index is 0.119. The van der Waals surface area contributed by atoms with Crippen LogP contribution in [0.1, 0.15) is 16.7 Å². The summed E-state index contributed by atoms with van der Waals surface area (Å²) < 4.78 is 5.29. The third-order valence-electron chi connectivity index (χ3n) is 4.23. The quantitative estimate of drug-likeness (QED) is 0.782. The van der Waals surface area contributed by atoms with E-state index in [-0.39, 0.29) is 5.91 Å². The van der Waals surface area contributed by atoms with E-state index < -0.39 is 0 Å². The number of amides is 2. The molecule has 1 aliphatic heterocycles. The number of hydrogen-bond donors (Lipinski definition) is 0. The van der Waals surface area contributed by atoms with Gasteiger partial charge in [0, 0.05) is 26.2 Å². The summed E-state index contributed by atoms with van der Waals surface area (Å²) in [6.07, 6.45) is 1.25. The Hall–Kier alpha value is -2.04. The van der Waals surface area contributed by atoms with Crippen LogP contribution in [0.25, 0.3) is 0 Å². The standard InChI is InChI=1S/C16H22N2O3/c1-12-13(2)15(21-3)5-4-14(12)10-16(20)18-8-6-17(11-19)7-9-18/h4-5,11H,6-10H2,1-3H3. The van der Waals surface area contributed by atoms with Gasteiger partial charge in [-0.1, -0.05) is 6.07 Å². The smallest absolute Gasteiger partial charge is 0.227 e. The van der Waals surface area contributed by atoms with Gasteiger partial charge in [-0.3, -0.25) is 9.59 Å². The highest BCUT2D eigenvalue weighted by molar-refractivity contribution is 5.79. The van der Waals surface area contributed by atoms with Crippen molar-refractivity contribution in [3.05, 3.63) is 28.8 Å². The summed E-state index contributed by atoms with van der Waals surface area (Å²) in [5.74, 6) is 0.969. The lowest BCUT2D eigenvalue weighted by Crippen LogP contribution is -2.48. The van der Waals surface area contributed by atoms with Crippen LogP contribution in [0.15, 0.2) is 12.1 Å². The van der Waals surface area contributed by atoms with Gasteiger partial charge in [-0.25, -0.2) is 0 Å². The van der Waals surface area contributed by atoms with E-state index in [0.717, 1.165) is 28.8 Å². The average Bonchev–Trinajstić information content (AvgIpc) is 2.52. The van der Waals surface area contributed by atoms with Gasteiger partial charge in [0.1, 0.15) is 5.75 Å². The lowest BCUT2D eigenvalue weighted by atomic mass is 9.99. The van der Waals surface area contributed by atoms with Crippen LogP contribution in [-0.4, -0.2) is 55.4 Å². The van der Waals surface area contributed by atoms with Gasteiger partial charge in [-0.2, -0.15) is 0 Å². The summed E-state index contributed by atoms with van der Waals surface area (Å²) in [5, 5.41) is 0. The Balaban J connectivity index is 2.03. The molecule has 0 aromatic heterocycles. The van der Waals surface area contributed by atoms with Crippen LogP contribution < -0.4 is 4.74 Å². The van der Waals surface area contributed by atoms with Crippen LogP contribution in [0.5, 0.6) is 5.75 Å².